The number of benzene rings is 2. The number of carbonyl (C=O) groups is 1. The summed E-state index contributed by atoms with van der Waals surface area (Å²) in [5.41, 5.74) is 0.960. The second kappa shape index (κ2) is 7.02. The third kappa shape index (κ3) is 3.85. The number of sulfonamides is 1. The number of ether oxygens (including phenoxy) is 2. The number of rotatable bonds is 6. The van der Waals surface area contributed by atoms with Gasteiger partial charge in [-0.05, 0) is 31.2 Å². The molecule has 0 spiro atoms. The lowest BCUT2D eigenvalue weighted by Gasteiger charge is -2.23. The molecule has 1 amide bonds. The first-order chi connectivity index (χ1) is 12.0. The highest BCUT2D eigenvalue weighted by Crippen LogP contribution is 2.36. The minimum Gasteiger partial charge on any atom is -0.454 e. The predicted octanol–water partition coefficient (Wildman–Crippen LogP) is 2.21. The SMILES string of the molecule is CCS(=O)(=O)N(CC(=O)Nc1ccccc1)c1ccc2c(c1)OCO2. The molecule has 0 atom stereocenters. The third-order valence-corrected chi connectivity index (χ3v) is 5.43. The number of nitrogens with one attached hydrogen (secondary N) is 1. The van der Waals surface area contributed by atoms with Crippen LogP contribution < -0.4 is 19.1 Å². The molecule has 1 aliphatic rings. The fraction of sp³-hybridized carbons (Fsp3) is 0.235. The Morgan fingerprint density at radius 2 is 1.84 bits per heavy atom. The molecule has 132 valence electrons. The number of anilines is 2. The summed E-state index contributed by atoms with van der Waals surface area (Å²) in [6, 6.07) is 13.7. The second-order valence-electron chi connectivity index (χ2n) is 5.36. The van der Waals surface area contributed by atoms with Crippen LogP contribution in [0.2, 0.25) is 0 Å². The molecular formula is C17H18N2O5S. The van der Waals surface area contributed by atoms with Crippen molar-refractivity contribution in [3.05, 3.63) is 48.5 Å². The molecule has 1 N–H and O–H groups in total. The van der Waals surface area contributed by atoms with E-state index in [9.17, 15) is 13.2 Å². The highest BCUT2D eigenvalue weighted by atomic mass is 32.2. The van der Waals surface area contributed by atoms with Crippen molar-refractivity contribution in [3.8, 4) is 11.5 Å². The van der Waals surface area contributed by atoms with Crippen molar-refractivity contribution in [3.63, 3.8) is 0 Å². The van der Waals surface area contributed by atoms with Gasteiger partial charge in [0.2, 0.25) is 22.7 Å². The summed E-state index contributed by atoms with van der Waals surface area (Å²) in [5.74, 6) is 0.449. The van der Waals surface area contributed by atoms with Gasteiger partial charge in [-0.25, -0.2) is 8.42 Å². The Labute approximate surface area is 146 Å². The van der Waals surface area contributed by atoms with E-state index < -0.39 is 15.9 Å². The minimum absolute atomic E-state index is 0.0911. The van der Waals surface area contributed by atoms with Crippen molar-refractivity contribution in [1.82, 2.24) is 0 Å². The van der Waals surface area contributed by atoms with E-state index in [1.807, 2.05) is 6.07 Å². The molecule has 2 aromatic carbocycles. The summed E-state index contributed by atoms with van der Waals surface area (Å²) >= 11 is 0. The molecule has 8 heteroatoms. The van der Waals surface area contributed by atoms with Crippen LogP contribution in [-0.4, -0.2) is 33.4 Å². The zero-order chi connectivity index (χ0) is 17.9. The summed E-state index contributed by atoms with van der Waals surface area (Å²) in [7, 11) is -3.64. The van der Waals surface area contributed by atoms with E-state index in [0.29, 0.717) is 22.9 Å². The summed E-state index contributed by atoms with van der Waals surface area (Å²) in [5, 5.41) is 2.69. The maximum atomic E-state index is 12.5. The van der Waals surface area contributed by atoms with Crippen LogP contribution in [0, 0.1) is 0 Å². The number of amides is 1. The van der Waals surface area contributed by atoms with E-state index in [2.05, 4.69) is 5.32 Å². The van der Waals surface area contributed by atoms with Gasteiger partial charge in [-0.1, -0.05) is 18.2 Å². The van der Waals surface area contributed by atoms with E-state index in [1.54, 1.807) is 42.5 Å². The minimum atomic E-state index is -3.64. The van der Waals surface area contributed by atoms with Gasteiger partial charge in [-0.3, -0.25) is 9.10 Å². The van der Waals surface area contributed by atoms with Gasteiger partial charge >= 0.3 is 0 Å². The first-order valence-electron chi connectivity index (χ1n) is 7.74. The van der Waals surface area contributed by atoms with Gasteiger partial charge in [-0.2, -0.15) is 0 Å². The summed E-state index contributed by atoms with van der Waals surface area (Å²) in [6.07, 6.45) is 0. The fourth-order valence-corrected chi connectivity index (χ4v) is 3.46. The molecule has 0 bridgehead atoms. The normalized spacial score (nSPS) is 12.7. The molecular weight excluding hydrogens is 344 g/mol. The van der Waals surface area contributed by atoms with Crippen molar-refractivity contribution in [1.29, 1.82) is 0 Å². The molecule has 1 heterocycles. The molecule has 25 heavy (non-hydrogen) atoms. The number of para-hydroxylation sites is 1. The van der Waals surface area contributed by atoms with Gasteiger partial charge in [0.1, 0.15) is 6.54 Å². The predicted molar refractivity (Wildman–Crippen MR) is 94.4 cm³/mol. The van der Waals surface area contributed by atoms with Crippen molar-refractivity contribution in [2.24, 2.45) is 0 Å². The van der Waals surface area contributed by atoms with Crippen LogP contribution in [-0.2, 0) is 14.8 Å². The van der Waals surface area contributed by atoms with Crippen LogP contribution in [0.4, 0.5) is 11.4 Å². The molecule has 0 aromatic heterocycles. The van der Waals surface area contributed by atoms with E-state index in [1.165, 1.54) is 6.92 Å². The Morgan fingerprint density at radius 3 is 2.56 bits per heavy atom. The molecule has 0 aliphatic carbocycles. The van der Waals surface area contributed by atoms with Crippen LogP contribution in [0.3, 0.4) is 0 Å². The van der Waals surface area contributed by atoms with E-state index in [4.69, 9.17) is 9.47 Å². The Bertz CT molecular complexity index is 868. The van der Waals surface area contributed by atoms with Crippen molar-refractivity contribution < 1.29 is 22.7 Å². The molecule has 2 aromatic rings. The van der Waals surface area contributed by atoms with Crippen molar-refractivity contribution >= 4 is 27.3 Å². The van der Waals surface area contributed by atoms with Gasteiger partial charge in [0.05, 0.1) is 11.4 Å². The lowest BCUT2D eigenvalue weighted by atomic mass is 10.2. The summed E-state index contributed by atoms with van der Waals surface area (Å²) in [6.45, 7) is 1.29. The molecule has 0 saturated carbocycles. The van der Waals surface area contributed by atoms with Gasteiger partial charge in [0, 0.05) is 11.8 Å². The summed E-state index contributed by atoms with van der Waals surface area (Å²) in [4.78, 5) is 12.3. The number of fused-ring (bicyclic) bond motifs is 1. The van der Waals surface area contributed by atoms with Crippen LogP contribution in [0.15, 0.2) is 48.5 Å². The Morgan fingerprint density at radius 1 is 1.12 bits per heavy atom. The number of nitrogens with zero attached hydrogens (tertiary/aromatic N) is 1. The van der Waals surface area contributed by atoms with E-state index >= 15 is 0 Å². The molecule has 1 aliphatic heterocycles. The van der Waals surface area contributed by atoms with Crippen LogP contribution in [0.25, 0.3) is 0 Å². The first-order valence-corrected chi connectivity index (χ1v) is 9.35. The third-order valence-electron chi connectivity index (χ3n) is 3.69. The monoisotopic (exact) mass is 362 g/mol. The smallest absolute Gasteiger partial charge is 0.245 e. The topological polar surface area (TPSA) is 84.9 Å². The Hall–Kier alpha value is -2.74. The standard InChI is InChI=1S/C17H18N2O5S/c1-2-25(21,22)19(11-17(20)18-13-6-4-3-5-7-13)14-8-9-15-16(10-14)24-12-23-15/h3-10H,2,11-12H2,1H3,(H,18,20). The highest BCUT2D eigenvalue weighted by Gasteiger charge is 2.25. The number of hydrogen-bond acceptors (Lipinski definition) is 5. The zero-order valence-corrected chi connectivity index (χ0v) is 14.5. The van der Waals surface area contributed by atoms with Crippen molar-refractivity contribution in [2.45, 2.75) is 6.92 Å². The number of hydrogen-bond donors (Lipinski definition) is 1. The largest absolute Gasteiger partial charge is 0.454 e. The average Bonchev–Trinajstić information content (AvgIpc) is 3.08. The van der Waals surface area contributed by atoms with Gasteiger partial charge in [-0.15, -0.1) is 0 Å². The van der Waals surface area contributed by atoms with Gasteiger partial charge < -0.3 is 14.8 Å². The quantitative estimate of drug-likeness (QED) is 0.852. The molecule has 7 nitrogen and oxygen atoms in total. The van der Waals surface area contributed by atoms with Gasteiger partial charge in [0.15, 0.2) is 11.5 Å². The fourth-order valence-electron chi connectivity index (χ4n) is 2.40. The molecule has 0 radical (unpaired) electrons. The van der Waals surface area contributed by atoms with Crippen molar-refractivity contribution in [2.75, 3.05) is 28.7 Å². The van der Waals surface area contributed by atoms with Crippen LogP contribution >= 0.6 is 0 Å². The van der Waals surface area contributed by atoms with E-state index in [0.717, 1.165) is 4.31 Å². The molecule has 3 rings (SSSR count). The maximum Gasteiger partial charge on any atom is 0.245 e. The lowest BCUT2D eigenvalue weighted by Crippen LogP contribution is -2.39. The molecule has 0 saturated heterocycles. The second-order valence-corrected chi connectivity index (χ2v) is 7.54. The van der Waals surface area contributed by atoms with E-state index in [-0.39, 0.29) is 19.1 Å². The Balaban J connectivity index is 1.84. The first kappa shape index (κ1) is 17.1. The maximum absolute atomic E-state index is 12.5. The summed E-state index contributed by atoms with van der Waals surface area (Å²) < 4.78 is 36.5. The zero-order valence-electron chi connectivity index (χ0n) is 13.6. The number of carbonyl (C=O) groups excluding carboxylic acids is 1. The molecule has 0 fully saturated rings. The average molecular weight is 362 g/mol. The Kier molecular flexibility index (Phi) is 4.80. The van der Waals surface area contributed by atoms with Crippen LogP contribution in [0.5, 0.6) is 11.5 Å². The lowest BCUT2D eigenvalue weighted by molar-refractivity contribution is -0.114. The van der Waals surface area contributed by atoms with Gasteiger partial charge in [0.25, 0.3) is 0 Å². The van der Waals surface area contributed by atoms with Crippen LogP contribution in [0.1, 0.15) is 6.92 Å². The highest BCUT2D eigenvalue weighted by molar-refractivity contribution is 7.92. The molecule has 0 unspecified atom stereocenters.